The summed E-state index contributed by atoms with van der Waals surface area (Å²) in [6, 6.07) is 4.07. The summed E-state index contributed by atoms with van der Waals surface area (Å²) in [5.41, 5.74) is 2.62. The summed E-state index contributed by atoms with van der Waals surface area (Å²) in [6.07, 6.45) is 3.73. The molecule has 1 atom stereocenters. The molecule has 1 heterocycles. The molecule has 106 valence electrons. The first-order valence-electron chi connectivity index (χ1n) is 6.98. The highest BCUT2D eigenvalue weighted by Crippen LogP contribution is 2.28. The van der Waals surface area contributed by atoms with E-state index in [0.29, 0.717) is 11.4 Å². The van der Waals surface area contributed by atoms with E-state index in [2.05, 4.69) is 11.1 Å². The van der Waals surface area contributed by atoms with Crippen LogP contribution in [0, 0.1) is 11.3 Å². The molecule has 0 radical (unpaired) electrons. The van der Waals surface area contributed by atoms with Gasteiger partial charge in [0, 0.05) is 11.7 Å². The van der Waals surface area contributed by atoms with Crippen molar-refractivity contribution in [2.75, 3.05) is 11.4 Å². The Morgan fingerprint density at radius 2 is 2.35 bits per heavy atom. The van der Waals surface area contributed by atoms with E-state index in [-0.39, 0.29) is 12.6 Å². The van der Waals surface area contributed by atoms with E-state index in [9.17, 15) is 10.1 Å². The number of aromatic nitrogens is 1. The molecule has 0 aliphatic heterocycles. The minimum atomic E-state index is -0.906. The molecule has 0 saturated carbocycles. The molecule has 0 fully saturated rings. The summed E-state index contributed by atoms with van der Waals surface area (Å²) < 4.78 is 0. The van der Waals surface area contributed by atoms with Crippen molar-refractivity contribution >= 4 is 11.8 Å². The van der Waals surface area contributed by atoms with Crippen molar-refractivity contribution in [3.05, 3.63) is 22.9 Å². The fourth-order valence-corrected chi connectivity index (χ4v) is 2.57. The molecule has 1 aromatic heterocycles. The van der Waals surface area contributed by atoms with Crippen LogP contribution in [0.4, 0.5) is 5.82 Å². The van der Waals surface area contributed by atoms with Gasteiger partial charge in [0.05, 0.1) is 5.56 Å². The number of carbonyl (C=O) groups is 1. The van der Waals surface area contributed by atoms with Gasteiger partial charge in [0.15, 0.2) is 0 Å². The van der Waals surface area contributed by atoms with E-state index >= 15 is 0 Å². The highest BCUT2D eigenvalue weighted by atomic mass is 16.4. The van der Waals surface area contributed by atoms with Crippen LogP contribution in [0.25, 0.3) is 0 Å². The second kappa shape index (κ2) is 5.91. The molecule has 1 aromatic rings. The molecule has 0 bridgehead atoms. The molecular weight excluding hydrogens is 254 g/mol. The van der Waals surface area contributed by atoms with Crippen molar-refractivity contribution in [2.45, 2.75) is 45.6 Å². The predicted molar refractivity (Wildman–Crippen MR) is 75.7 cm³/mol. The van der Waals surface area contributed by atoms with Gasteiger partial charge >= 0.3 is 5.97 Å². The number of aliphatic carboxylic acids is 1. The molecular formula is C15H19N3O2. The van der Waals surface area contributed by atoms with Gasteiger partial charge < -0.3 is 10.0 Å². The Labute approximate surface area is 118 Å². The Kier molecular flexibility index (Phi) is 4.23. The molecule has 0 amide bonds. The van der Waals surface area contributed by atoms with Crippen LogP contribution in [-0.2, 0) is 17.6 Å². The monoisotopic (exact) mass is 273 g/mol. The third kappa shape index (κ3) is 2.74. The number of pyridine rings is 1. The lowest BCUT2D eigenvalue weighted by Crippen LogP contribution is -2.38. The number of nitrogens with zero attached hydrogens (tertiary/aromatic N) is 3. The van der Waals surface area contributed by atoms with Crippen molar-refractivity contribution in [2.24, 2.45) is 0 Å². The van der Waals surface area contributed by atoms with E-state index in [0.717, 1.165) is 36.9 Å². The van der Waals surface area contributed by atoms with Gasteiger partial charge in [-0.3, -0.25) is 4.79 Å². The molecule has 0 aromatic carbocycles. The lowest BCUT2D eigenvalue weighted by atomic mass is 10.1. The maximum Gasteiger partial charge on any atom is 0.323 e. The van der Waals surface area contributed by atoms with Gasteiger partial charge in [-0.05, 0) is 44.2 Å². The second-order valence-electron chi connectivity index (χ2n) is 5.21. The van der Waals surface area contributed by atoms with Gasteiger partial charge in [-0.15, -0.1) is 0 Å². The largest absolute Gasteiger partial charge is 0.480 e. The zero-order chi connectivity index (χ0) is 14.7. The van der Waals surface area contributed by atoms with Gasteiger partial charge in [-0.1, -0.05) is 6.92 Å². The molecule has 0 saturated heterocycles. The topological polar surface area (TPSA) is 77.2 Å². The van der Waals surface area contributed by atoms with Crippen LogP contribution in [0.15, 0.2) is 6.07 Å². The smallest absolute Gasteiger partial charge is 0.323 e. The fraction of sp³-hybridized carbons (Fsp3) is 0.533. The molecule has 0 spiro atoms. The highest BCUT2D eigenvalue weighted by molar-refractivity contribution is 5.74. The number of hydrogen-bond acceptors (Lipinski definition) is 4. The zero-order valence-electron chi connectivity index (χ0n) is 11.9. The average molecular weight is 273 g/mol. The van der Waals surface area contributed by atoms with Crippen LogP contribution < -0.4 is 4.90 Å². The maximum absolute atomic E-state index is 11.1. The van der Waals surface area contributed by atoms with Crippen LogP contribution >= 0.6 is 0 Å². The summed E-state index contributed by atoms with van der Waals surface area (Å²) in [5.74, 6) is -0.388. The first kappa shape index (κ1) is 14.3. The number of aryl methyl sites for hydroxylation is 2. The van der Waals surface area contributed by atoms with Crippen molar-refractivity contribution in [3.63, 3.8) is 0 Å². The first-order valence-corrected chi connectivity index (χ1v) is 6.98. The molecule has 5 heteroatoms. The van der Waals surface area contributed by atoms with Crippen molar-refractivity contribution < 1.29 is 9.90 Å². The summed E-state index contributed by atoms with van der Waals surface area (Å²) in [5, 5.41) is 18.4. The average Bonchev–Trinajstić information content (AvgIpc) is 2.89. The predicted octanol–water partition coefficient (Wildman–Crippen LogP) is 2.13. The van der Waals surface area contributed by atoms with Crippen LogP contribution in [-0.4, -0.2) is 28.6 Å². The minimum Gasteiger partial charge on any atom is -0.480 e. The van der Waals surface area contributed by atoms with Gasteiger partial charge in [0.25, 0.3) is 0 Å². The Bertz CT molecular complexity index is 563. The highest BCUT2D eigenvalue weighted by Gasteiger charge is 2.24. The van der Waals surface area contributed by atoms with Crippen molar-refractivity contribution in [1.29, 1.82) is 5.26 Å². The van der Waals surface area contributed by atoms with Crippen LogP contribution in [0.2, 0.25) is 0 Å². The quantitative estimate of drug-likeness (QED) is 0.889. The van der Waals surface area contributed by atoms with Crippen LogP contribution in [0.5, 0.6) is 0 Å². The van der Waals surface area contributed by atoms with Gasteiger partial charge in [0.1, 0.15) is 18.4 Å². The number of carboxylic acids is 1. The summed E-state index contributed by atoms with van der Waals surface area (Å²) >= 11 is 0. The number of anilines is 1. The minimum absolute atomic E-state index is 0.0325. The number of fused-ring (bicyclic) bond motifs is 1. The normalized spacial score (nSPS) is 14.4. The molecule has 1 unspecified atom stereocenters. The maximum atomic E-state index is 11.1. The Morgan fingerprint density at radius 3 is 2.95 bits per heavy atom. The standard InChI is InChI=1S/C15H19N3O2/c1-3-10(2)18(9-14(19)20)15-12(8-16)7-11-5-4-6-13(11)17-15/h7,10H,3-6,9H2,1-2H3,(H,19,20). The molecule has 1 aliphatic rings. The SMILES string of the molecule is CCC(C)N(CC(=O)O)c1nc2c(cc1C#N)CCC2. The fourth-order valence-electron chi connectivity index (χ4n) is 2.57. The number of nitriles is 1. The van der Waals surface area contributed by atoms with E-state index in [4.69, 9.17) is 5.11 Å². The first-order chi connectivity index (χ1) is 9.56. The molecule has 2 rings (SSSR count). The summed E-state index contributed by atoms with van der Waals surface area (Å²) in [7, 11) is 0. The number of hydrogen-bond donors (Lipinski definition) is 1. The van der Waals surface area contributed by atoms with Crippen LogP contribution in [0.3, 0.4) is 0 Å². The Hall–Kier alpha value is -2.09. The van der Waals surface area contributed by atoms with Crippen molar-refractivity contribution in [3.8, 4) is 6.07 Å². The lowest BCUT2D eigenvalue weighted by Gasteiger charge is -2.29. The Morgan fingerprint density at radius 1 is 1.60 bits per heavy atom. The van der Waals surface area contributed by atoms with E-state index < -0.39 is 5.97 Å². The third-order valence-corrected chi connectivity index (χ3v) is 3.85. The van der Waals surface area contributed by atoms with E-state index in [1.165, 1.54) is 0 Å². The van der Waals surface area contributed by atoms with Gasteiger partial charge in [0.2, 0.25) is 0 Å². The molecule has 1 N–H and O–H groups in total. The zero-order valence-corrected chi connectivity index (χ0v) is 11.9. The van der Waals surface area contributed by atoms with Crippen LogP contribution in [0.1, 0.15) is 43.5 Å². The second-order valence-corrected chi connectivity index (χ2v) is 5.21. The molecule has 20 heavy (non-hydrogen) atoms. The van der Waals surface area contributed by atoms with E-state index in [1.807, 2.05) is 19.9 Å². The summed E-state index contributed by atoms with van der Waals surface area (Å²) in [4.78, 5) is 17.4. The Balaban J connectivity index is 2.47. The molecule has 5 nitrogen and oxygen atoms in total. The number of rotatable bonds is 5. The van der Waals surface area contributed by atoms with Gasteiger partial charge in [-0.2, -0.15) is 5.26 Å². The van der Waals surface area contributed by atoms with E-state index in [1.54, 1.807) is 4.90 Å². The lowest BCUT2D eigenvalue weighted by molar-refractivity contribution is -0.135. The third-order valence-electron chi connectivity index (χ3n) is 3.85. The van der Waals surface area contributed by atoms with Crippen molar-refractivity contribution in [1.82, 2.24) is 4.98 Å². The number of carboxylic acid groups (broad SMARTS) is 1. The molecule has 1 aliphatic carbocycles. The summed E-state index contributed by atoms with van der Waals surface area (Å²) in [6.45, 7) is 3.83. The van der Waals surface area contributed by atoms with Gasteiger partial charge in [-0.25, -0.2) is 4.98 Å².